The van der Waals surface area contributed by atoms with Crippen molar-refractivity contribution in [3.8, 4) is 44.5 Å². The van der Waals surface area contributed by atoms with Crippen molar-refractivity contribution in [3.05, 3.63) is 156 Å². The average Bonchev–Trinajstić information content (AvgIpc) is 3.44. The van der Waals surface area contributed by atoms with Gasteiger partial charge in [0.25, 0.3) is 0 Å². The summed E-state index contributed by atoms with van der Waals surface area (Å²) >= 11 is 0. The fourth-order valence-corrected chi connectivity index (χ4v) is 8.82. The van der Waals surface area contributed by atoms with Crippen molar-refractivity contribution >= 4 is 21.5 Å². The predicted molar refractivity (Wildman–Crippen MR) is 187 cm³/mol. The fourth-order valence-electron chi connectivity index (χ4n) is 8.82. The first-order chi connectivity index (χ1) is 21.4. The monoisotopic (exact) mass is 562 g/mol. The summed E-state index contributed by atoms with van der Waals surface area (Å²) in [6.45, 7) is 9.58. The molecule has 0 atom stereocenters. The van der Waals surface area contributed by atoms with Crippen LogP contribution in [0.15, 0.2) is 133 Å². The van der Waals surface area contributed by atoms with Gasteiger partial charge in [0.2, 0.25) is 0 Å². The molecule has 0 radical (unpaired) electrons. The highest BCUT2D eigenvalue weighted by Gasteiger charge is 2.39. The second kappa shape index (κ2) is 8.80. The van der Waals surface area contributed by atoms with Crippen LogP contribution in [-0.2, 0) is 10.8 Å². The minimum Gasteiger partial charge on any atom is -0.0619 e. The van der Waals surface area contributed by atoms with Gasteiger partial charge >= 0.3 is 0 Å². The Balaban J connectivity index is 1.41. The number of hydrogen-bond acceptors (Lipinski definition) is 0. The van der Waals surface area contributed by atoms with Gasteiger partial charge in [-0.15, -0.1) is 0 Å². The summed E-state index contributed by atoms with van der Waals surface area (Å²) in [6, 6.07) is 50.0. The van der Waals surface area contributed by atoms with Gasteiger partial charge < -0.3 is 0 Å². The lowest BCUT2D eigenvalue weighted by Crippen LogP contribution is -2.16. The van der Waals surface area contributed by atoms with Crippen LogP contribution in [0.4, 0.5) is 0 Å². The Morgan fingerprint density at radius 3 is 0.977 bits per heavy atom. The van der Waals surface area contributed by atoms with Gasteiger partial charge in [-0.25, -0.2) is 0 Å². The molecule has 2 aliphatic rings. The van der Waals surface area contributed by atoms with E-state index in [4.69, 9.17) is 0 Å². The highest BCUT2D eigenvalue weighted by atomic mass is 14.4. The number of hydrogen-bond donors (Lipinski definition) is 0. The third kappa shape index (κ3) is 3.18. The van der Waals surface area contributed by atoms with E-state index in [1.54, 1.807) is 0 Å². The molecule has 7 aromatic rings. The third-order valence-electron chi connectivity index (χ3n) is 10.6. The zero-order chi connectivity index (χ0) is 29.8. The van der Waals surface area contributed by atoms with Crippen molar-refractivity contribution in [2.75, 3.05) is 0 Å². The summed E-state index contributed by atoms with van der Waals surface area (Å²) in [6.07, 6.45) is 0. The second-order valence-electron chi connectivity index (χ2n) is 13.6. The lowest BCUT2D eigenvalue weighted by molar-refractivity contribution is 0.662. The van der Waals surface area contributed by atoms with E-state index in [0.29, 0.717) is 0 Å². The Hall–Kier alpha value is -4.94. The predicted octanol–water partition coefficient (Wildman–Crippen LogP) is 11.9. The van der Waals surface area contributed by atoms with Gasteiger partial charge in [0.1, 0.15) is 0 Å². The van der Waals surface area contributed by atoms with Crippen molar-refractivity contribution < 1.29 is 0 Å². The first-order valence-electron chi connectivity index (χ1n) is 15.8. The molecule has 0 heteroatoms. The van der Waals surface area contributed by atoms with Crippen molar-refractivity contribution in [2.24, 2.45) is 0 Å². The van der Waals surface area contributed by atoms with E-state index in [9.17, 15) is 0 Å². The van der Waals surface area contributed by atoms with E-state index in [0.717, 1.165) is 0 Å². The number of fused-ring (bicyclic) bond motifs is 8. The van der Waals surface area contributed by atoms with E-state index >= 15 is 0 Å². The topological polar surface area (TPSA) is 0 Å². The van der Waals surface area contributed by atoms with Gasteiger partial charge in [-0.05, 0) is 88.3 Å². The quantitative estimate of drug-likeness (QED) is 0.184. The van der Waals surface area contributed by atoms with Crippen LogP contribution in [0.2, 0.25) is 0 Å². The van der Waals surface area contributed by atoms with E-state index < -0.39 is 0 Å². The largest absolute Gasteiger partial charge is 0.0619 e. The van der Waals surface area contributed by atoms with Gasteiger partial charge in [-0.3, -0.25) is 0 Å². The maximum absolute atomic E-state index is 2.40. The minimum atomic E-state index is -0.0978. The van der Waals surface area contributed by atoms with Crippen LogP contribution < -0.4 is 0 Å². The van der Waals surface area contributed by atoms with Gasteiger partial charge in [0.15, 0.2) is 0 Å². The van der Waals surface area contributed by atoms with Gasteiger partial charge in [-0.2, -0.15) is 0 Å². The highest BCUT2D eigenvalue weighted by molar-refractivity contribution is 6.22. The molecular weight excluding hydrogens is 528 g/mol. The Bertz CT molecular complexity index is 2110. The van der Waals surface area contributed by atoms with Crippen molar-refractivity contribution in [1.29, 1.82) is 0 Å². The maximum Gasteiger partial charge on any atom is 0.0165 e. The lowest BCUT2D eigenvalue weighted by atomic mass is 9.75. The molecule has 0 spiro atoms. The number of benzene rings is 7. The molecular formula is C44H34. The van der Waals surface area contributed by atoms with Crippen LogP contribution in [-0.4, -0.2) is 0 Å². The van der Waals surface area contributed by atoms with Crippen LogP contribution in [0.3, 0.4) is 0 Å². The Morgan fingerprint density at radius 1 is 0.295 bits per heavy atom. The molecule has 7 aromatic carbocycles. The van der Waals surface area contributed by atoms with Crippen molar-refractivity contribution in [1.82, 2.24) is 0 Å². The molecule has 0 unspecified atom stereocenters. The Kier molecular flexibility index (Phi) is 5.11. The molecule has 0 bridgehead atoms. The van der Waals surface area contributed by atoms with Gasteiger partial charge in [0.05, 0.1) is 0 Å². The summed E-state index contributed by atoms with van der Waals surface area (Å²) < 4.78 is 0. The molecule has 0 heterocycles. The Morgan fingerprint density at radius 2 is 0.591 bits per heavy atom. The lowest BCUT2D eigenvalue weighted by Gasteiger charge is -2.28. The number of rotatable bonds is 2. The highest BCUT2D eigenvalue weighted by Crippen LogP contribution is 2.57. The molecule has 9 rings (SSSR count). The molecule has 0 fully saturated rings. The summed E-state index contributed by atoms with van der Waals surface area (Å²) in [4.78, 5) is 0. The summed E-state index contributed by atoms with van der Waals surface area (Å²) in [5.74, 6) is 0. The van der Waals surface area contributed by atoms with E-state index in [1.165, 1.54) is 88.3 Å². The first-order valence-corrected chi connectivity index (χ1v) is 15.8. The summed E-state index contributed by atoms with van der Waals surface area (Å²) in [5.41, 5.74) is 16.3. The van der Waals surface area contributed by atoms with Crippen LogP contribution in [0, 0.1) is 0 Å². The molecule has 0 aliphatic heterocycles. The normalized spacial score (nSPS) is 15.2. The molecule has 0 saturated carbocycles. The van der Waals surface area contributed by atoms with Crippen LogP contribution >= 0.6 is 0 Å². The molecule has 0 amide bonds. The molecule has 0 saturated heterocycles. The first kappa shape index (κ1) is 25.5. The van der Waals surface area contributed by atoms with E-state index in [2.05, 4.69) is 161 Å². The standard InChI is InChI=1S/C44H34/c1-43(2)37-25-11-9-15-27(37)33-21-13-23-35(41(33)43)39-29-17-5-7-19-31(29)40(32-20-8-6-18-30(32)39)36-24-14-22-34-28-16-10-12-26-38(28)44(3,4)42(34)36/h5-26H,1-4H3. The second-order valence-corrected chi connectivity index (χ2v) is 13.6. The van der Waals surface area contributed by atoms with Crippen LogP contribution in [0.25, 0.3) is 66.1 Å². The molecule has 44 heavy (non-hydrogen) atoms. The zero-order valence-electron chi connectivity index (χ0n) is 25.7. The smallest absolute Gasteiger partial charge is 0.0165 e. The summed E-state index contributed by atoms with van der Waals surface area (Å²) in [7, 11) is 0. The van der Waals surface area contributed by atoms with Crippen molar-refractivity contribution in [2.45, 2.75) is 38.5 Å². The summed E-state index contributed by atoms with van der Waals surface area (Å²) in [5, 5.41) is 5.25. The average molecular weight is 563 g/mol. The molecule has 0 nitrogen and oxygen atoms in total. The SMILES string of the molecule is CC1(C)c2ccccc2-c2cccc(-c3c4ccccc4c(-c4cccc5c4C(C)(C)c4ccccc4-5)c4ccccc34)c21. The molecule has 2 aliphatic carbocycles. The van der Waals surface area contributed by atoms with Crippen molar-refractivity contribution in [3.63, 3.8) is 0 Å². The third-order valence-corrected chi connectivity index (χ3v) is 10.6. The van der Waals surface area contributed by atoms with Crippen LogP contribution in [0.1, 0.15) is 49.9 Å². The Labute approximate surface area is 259 Å². The molecule has 210 valence electrons. The molecule has 0 N–H and O–H groups in total. The maximum atomic E-state index is 2.40. The molecule has 0 aromatic heterocycles. The zero-order valence-corrected chi connectivity index (χ0v) is 25.7. The fraction of sp³-hybridized carbons (Fsp3) is 0.136. The van der Waals surface area contributed by atoms with Gasteiger partial charge in [-0.1, -0.05) is 161 Å². The van der Waals surface area contributed by atoms with Crippen LogP contribution in [0.5, 0.6) is 0 Å². The minimum absolute atomic E-state index is 0.0978. The van der Waals surface area contributed by atoms with E-state index in [1.807, 2.05) is 0 Å². The van der Waals surface area contributed by atoms with Gasteiger partial charge in [0, 0.05) is 10.8 Å². The van der Waals surface area contributed by atoms with E-state index in [-0.39, 0.29) is 10.8 Å².